The molecule has 0 aliphatic carbocycles. The second-order valence-electron chi connectivity index (χ2n) is 3.95. The van der Waals surface area contributed by atoms with Crippen LogP contribution in [0.4, 0.5) is 0 Å². The zero-order valence-corrected chi connectivity index (χ0v) is 8.57. The summed E-state index contributed by atoms with van der Waals surface area (Å²) < 4.78 is 0. The molecule has 15 heavy (non-hydrogen) atoms. The number of rotatable bonds is 2. The van der Waals surface area contributed by atoms with E-state index in [2.05, 4.69) is 5.32 Å². The highest BCUT2D eigenvalue weighted by Crippen LogP contribution is 2.25. The molecule has 3 nitrogen and oxygen atoms in total. The maximum atomic E-state index is 10.8. The number of nitrogens with one attached hydrogen (secondary N) is 1. The van der Waals surface area contributed by atoms with E-state index in [1.165, 1.54) is 0 Å². The highest BCUT2D eigenvalue weighted by molar-refractivity contribution is 5.87. The van der Waals surface area contributed by atoms with Crippen LogP contribution in [0.1, 0.15) is 34.7 Å². The molecule has 80 valence electrons. The molecule has 1 aromatic rings. The lowest BCUT2D eigenvalue weighted by molar-refractivity contribution is 0.0696. The van der Waals surface area contributed by atoms with E-state index in [-0.39, 0.29) is 0 Å². The average molecular weight is 205 g/mol. The van der Waals surface area contributed by atoms with Gasteiger partial charge in [-0.05, 0) is 49.5 Å². The lowest BCUT2D eigenvalue weighted by Crippen LogP contribution is -2.26. The van der Waals surface area contributed by atoms with Crippen LogP contribution in [-0.4, -0.2) is 24.2 Å². The fourth-order valence-corrected chi connectivity index (χ4v) is 2.08. The fourth-order valence-electron chi connectivity index (χ4n) is 2.08. The fraction of sp³-hybridized carbons (Fsp3) is 0.417. The van der Waals surface area contributed by atoms with Crippen molar-refractivity contribution in [2.75, 3.05) is 13.1 Å². The molecule has 1 aliphatic heterocycles. The van der Waals surface area contributed by atoms with Crippen molar-refractivity contribution < 1.29 is 9.90 Å². The monoisotopic (exact) mass is 205 g/mol. The van der Waals surface area contributed by atoms with Gasteiger partial charge in [-0.25, -0.2) is 4.79 Å². The predicted molar refractivity (Wildman–Crippen MR) is 58.2 cm³/mol. The van der Waals surface area contributed by atoms with Gasteiger partial charge >= 0.3 is 5.97 Å². The molecule has 0 radical (unpaired) electrons. The van der Waals surface area contributed by atoms with Crippen LogP contribution in [0.3, 0.4) is 0 Å². The molecule has 1 aromatic carbocycles. The molecule has 1 aliphatic rings. The first kappa shape index (κ1) is 10.2. The zero-order valence-electron chi connectivity index (χ0n) is 8.57. The Labute approximate surface area is 89.1 Å². The second kappa shape index (κ2) is 4.45. The summed E-state index contributed by atoms with van der Waals surface area (Å²) in [7, 11) is 0. The number of carboxylic acids is 1. The van der Waals surface area contributed by atoms with Crippen LogP contribution in [0.2, 0.25) is 0 Å². The lowest BCUT2D eigenvalue weighted by atomic mass is 9.89. The van der Waals surface area contributed by atoms with Gasteiger partial charge in [0.2, 0.25) is 0 Å². The minimum Gasteiger partial charge on any atom is -0.478 e. The zero-order chi connectivity index (χ0) is 10.7. The molecule has 2 N–H and O–H groups in total. The van der Waals surface area contributed by atoms with Crippen LogP contribution in [0, 0.1) is 0 Å². The van der Waals surface area contributed by atoms with Gasteiger partial charge in [0, 0.05) is 0 Å². The minimum absolute atomic E-state index is 0.394. The van der Waals surface area contributed by atoms with Gasteiger partial charge in [-0.1, -0.05) is 12.1 Å². The number of hydrogen-bond acceptors (Lipinski definition) is 2. The smallest absolute Gasteiger partial charge is 0.335 e. The molecular formula is C12H15NO2. The van der Waals surface area contributed by atoms with Crippen LogP contribution in [-0.2, 0) is 0 Å². The van der Waals surface area contributed by atoms with Crippen LogP contribution >= 0.6 is 0 Å². The van der Waals surface area contributed by atoms with Crippen molar-refractivity contribution in [2.24, 2.45) is 0 Å². The van der Waals surface area contributed by atoms with Crippen LogP contribution in [0.15, 0.2) is 24.3 Å². The molecule has 0 bridgehead atoms. The summed E-state index contributed by atoms with van der Waals surface area (Å²) in [4.78, 5) is 10.8. The molecular weight excluding hydrogens is 190 g/mol. The molecule has 0 unspecified atom stereocenters. The average Bonchev–Trinajstić information content (AvgIpc) is 2.30. The summed E-state index contributed by atoms with van der Waals surface area (Å²) >= 11 is 0. The Bertz CT molecular complexity index is 356. The predicted octanol–water partition coefficient (Wildman–Crippen LogP) is 1.85. The third-order valence-electron chi connectivity index (χ3n) is 2.94. The number of carboxylic acid groups (broad SMARTS) is 1. The third kappa shape index (κ3) is 2.36. The molecule has 1 saturated heterocycles. The standard InChI is InChI=1S/C12H15NO2/c14-12(15)11-3-1-2-10(8-11)9-4-6-13-7-5-9/h1-3,8-9,13H,4-7H2,(H,14,15). The minimum atomic E-state index is -0.842. The first-order valence-electron chi connectivity index (χ1n) is 5.31. The van der Waals surface area contributed by atoms with Gasteiger partial charge in [-0.15, -0.1) is 0 Å². The largest absolute Gasteiger partial charge is 0.478 e. The van der Waals surface area contributed by atoms with Crippen molar-refractivity contribution in [3.05, 3.63) is 35.4 Å². The molecule has 0 amide bonds. The number of piperidine rings is 1. The summed E-state index contributed by atoms with van der Waals surface area (Å²) in [6, 6.07) is 7.31. The van der Waals surface area contributed by atoms with Crippen molar-refractivity contribution in [1.82, 2.24) is 5.32 Å². The van der Waals surface area contributed by atoms with E-state index in [4.69, 9.17) is 5.11 Å². The van der Waals surface area contributed by atoms with E-state index >= 15 is 0 Å². The third-order valence-corrected chi connectivity index (χ3v) is 2.94. The van der Waals surface area contributed by atoms with E-state index in [0.717, 1.165) is 31.5 Å². The van der Waals surface area contributed by atoms with Gasteiger partial charge in [-0.3, -0.25) is 0 Å². The molecule has 1 heterocycles. The summed E-state index contributed by atoms with van der Waals surface area (Å²) in [5, 5.41) is 12.2. The van der Waals surface area contributed by atoms with Crippen LogP contribution in [0.5, 0.6) is 0 Å². The number of hydrogen-bond donors (Lipinski definition) is 2. The number of carbonyl (C=O) groups is 1. The highest BCUT2D eigenvalue weighted by atomic mass is 16.4. The van der Waals surface area contributed by atoms with Crippen molar-refractivity contribution in [3.8, 4) is 0 Å². The highest BCUT2D eigenvalue weighted by Gasteiger charge is 2.15. The molecule has 0 aromatic heterocycles. The van der Waals surface area contributed by atoms with E-state index < -0.39 is 5.97 Å². The number of aromatic carboxylic acids is 1. The van der Waals surface area contributed by atoms with Gasteiger partial charge in [0.15, 0.2) is 0 Å². The van der Waals surface area contributed by atoms with Gasteiger partial charge in [-0.2, -0.15) is 0 Å². The van der Waals surface area contributed by atoms with Crippen molar-refractivity contribution in [2.45, 2.75) is 18.8 Å². The maximum absolute atomic E-state index is 10.8. The van der Waals surface area contributed by atoms with Gasteiger partial charge in [0.1, 0.15) is 0 Å². The number of benzene rings is 1. The van der Waals surface area contributed by atoms with Gasteiger partial charge in [0.05, 0.1) is 5.56 Å². The molecule has 0 saturated carbocycles. The summed E-state index contributed by atoms with van der Waals surface area (Å²) in [6.45, 7) is 2.06. The first-order chi connectivity index (χ1) is 7.27. The van der Waals surface area contributed by atoms with Crippen LogP contribution < -0.4 is 5.32 Å². The Morgan fingerprint density at radius 3 is 2.73 bits per heavy atom. The van der Waals surface area contributed by atoms with Crippen molar-refractivity contribution in [3.63, 3.8) is 0 Å². The van der Waals surface area contributed by atoms with Gasteiger partial charge in [0.25, 0.3) is 0 Å². The summed E-state index contributed by atoms with van der Waals surface area (Å²) in [6.07, 6.45) is 2.20. The lowest BCUT2D eigenvalue weighted by Gasteiger charge is -2.23. The van der Waals surface area contributed by atoms with Crippen molar-refractivity contribution in [1.29, 1.82) is 0 Å². The Balaban J connectivity index is 2.19. The van der Waals surface area contributed by atoms with E-state index in [9.17, 15) is 4.79 Å². The van der Waals surface area contributed by atoms with Crippen molar-refractivity contribution >= 4 is 5.97 Å². The van der Waals surface area contributed by atoms with E-state index in [1.807, 2.05) is 12.1 Å². The maximum Gasteiger partial charge on any atom is 0.335 e. The first-order valence-corrected chi connectivity index (χ1v) is 5.31. The van der Waals surface area contributed by atoms with Gasteiger partial charge < -0.3 is 10.4 Å². The second-order valence-corrected chi connectivity index (χ2v) is 3.95. The topological polar surface area (TPSA) is 49.3 Å². The Hall–Kier alpha value is -1.35. The van der Waals surface area contributed by atoms with Crippen LogP contribution in [0.25, 0.3) is 0 Å². The Kier molecular flexibility index (Phi) is 3.02. The summed E-state index contributed by atoms with van der Waals surface area (Å²) in [5.41, 5.74) is 1.56. The van der Waals surface area contributed by atoms with E-state index in [1.54, 1.807) is 12.1 Å². The Morgan fingerprint density at radius 2 is 2.07 bits per heavy atom. The quantitative estimate of drug-likeness (QED) is 0.774. The SMILES string of the molecule is O=C(O)c1cccc(C2CCNCC2)c1. The normalized spacial score (nSPS) is 17.6. The molecule has 0 spiro atoms. The Morgan fingerprint density at radius 1 is 1.33 bits per heavy atom. The summed E-state index contributed by atoms with van der Waals surface area (Å²) in [5.74, 6) is -0.323. The molecule has 2 rings (SSSR count). The molecule has 0 atom stereocenters. The molecule has 1 fully saturated rings. The van der Waals surface area contributed by atoms with E-state index in [0.29, 0.717) is 11.5 Å². The molecule has 3 heteroatoms.